The summed E-state index contributed by atoms with van der Waals surface area (Å²) in [5, 5.41) is 16.5. The molecule has 2 aliphatic rings. The lowest BCUT2D eigenvalue weighted by atomic mass is 10.1. The molecule has 0 radical (unpaired) electrons. The molecule has 5 nitrogen and oxygen atoms in total. The first-order chi connectivity index (χ1) is 10.2. The number of aliphatic hydroxyl groups is 1. The highest BCUT2D eigenvalue weighted by molar-refractivity contribution is 7.09. The van der Waals surface area contributed by atoms with Gasteiger partial charge in [0.05, 0.1) is 5.69 Å². The number of nitrogens with one attached hydrogen (secondary N) is 1. The van der Waals surface area contributed by atoms with Crippen molar-refractivity contribution in [3.05, 3.63) is 40.0 Å². The Hall–Kier alpha value is -1.50. The van der Waals surface area contributed by atoms with E-state index in [1.54, 1.807) is 6.20 Å². The predicted octanol–water partition coefficient (Wildman–Crippen LogP) is 1.34. The van der Waals surface area contributed by atoms with Crippen LogP contribution in [0.2, 0.25) is 0 Å². The van der Waals surface area contributed by atoms with Crippen LogP contribution in [0.4, 0.5) is 5.82 Å². The fourth-order valence-electron chi connectivity index (χ4n) is 3.34. The summed E-state index contributed by atoms with van der Waals surface area (Å²) in [6.45, 7) is 4.21. The average molecular weight is 302 g/mol. The number of pyridine rings is 1. The smallest absolute Gasteiger partial charge is 0.147 e. The van der Waals surface area contributed by atoms with Crippen LogP contribution in [0.3, 0.4) is 0 Å². The summed E-state index contributed by atoms with van der Waals surface area (Å²) < 4.78 is 0. The standard InChI is InChI=1S/C15H18N4OS/c1-9-7-16-8-11-6-10-2-3-12(18-14(10)19(9)11)13(20)15-17-4-5-21-15/h2-5,9,11,13,16,20H,6-8H2,1H3/t9-,11-,13+/m1/s1. The van der Waals surface area contributed by atoms with Crippen molar-refractivity contribution in [2.75, 3.05) is 18.0 Å². The molecule has 0 unspecified atom stereocenters. The van der Waals surface area contributed by atoms with Gasteiger partial charge in [-0.15, -0.1) is 11.3 Å². The maximum absolute atomic E-state index is 10.4. The molecule has 0 saturated carbocycles. The van der Waals surface area contributed by atoms with Crippen molar-refractivity contribution in [2.24, 2.45) is 0 Å². The number of nitrogens with zero attached hydrogens (tertiary/aromatic N) is 3. The van der Waals surface area contributed by atoms with Gasteiger partial charge in [0, 0.05) is 36.8 Å². The number of anilines is 1. The summed E-state index contributed by atoms with van der Waals surface area (Å²) in [5.74, 6) is 1.04. The molecule has 2 aliphatic heterocycles. The second-order valence-corrected chi connectivity index (χ2v) is 6.69. The molecule has 0 bridgehead atoms. The van der Waals surface area contributed by atoms with E-state index in [2.05, 4.69) is 28.2 Å². The lowest BCUT2D eigenvalue weighted by Crippen LogP contribution is -2.55. The van der Waals surface area contributed by atoms with Crippen molar-refractivity contribution in [1.29, 1.82) is 0 Å². The van der Waals surface area contributed by atoms with Crippen molar-refractivity contribution in [3.8, 4) is 0 Å². The minimum atomic E-state index is -0.729. The van der Waals surface area contributed by atoms with Gasteiger partial charge < -0.3 is 15.3 Å². The van der Waals surface area contributed by atoms with Crippen molar-refractivity contribution in [3.63, 3.8) is 0 Å². The van der Waals surface area contributed by atoms with E-state index >= 15 is 0 Å². The molecule has 0 amide bonds. The fraction of sp³-hybridized carbons (Fsp3) is 0.467. The number of rotatable bonds is 2. The monoisotopic (exact) mass is 302 g/mol. The topological polar surface area (TPSA) is 61.3 Å². The van der Waals surface area contributed by atoms with E-state index < -0.39 is 6.10 Å². The highest BCUT2D eigenvalue weighted by atomic mass is 32.1. The average Bonchev–Trinajstić information content (AvgIpc) is 3.13. The summed E-state index contributed by atoms with van der Waals surface area (Å²) in [5.41, 5.74) is 1.97. The van der Waals surface area contributed by atoms with Gasteiger partial charge in [-0.05, 0) is 25.0 Å². The second kappa shape index (κ2) is 5.05. The van der Waals surface area contributed by atoms with Gasteiger partial charge in [-0.25, -0.2) is 9.97 Å². The fourth-order valence-corrected chi connectivity index (χ4v) is 3.98. The highest BCUT2D eigenvalue weighted by Crippen LogP contribution is 2.35. The van der Waals surface area contributed by atoms with Gasteiger partial charge in [-0.1, -0.05) is 6.07 Å². The number of aliphatic hydroxyl groups excluding tert-OH is 1. The van der Waals surface area contributed by atoms with Crippen molar-refractivity contribution < 1.29 is 5.11 Å². The zero-order chi connectivity index (χ0) is 14.4. The third-order valence-electron chi connectivity index (χ3n) is 4.33. The molecule has 0 spiro atoms. The SMILES string of the molecule is C[C@@H]1CNC[C@H]2Cc3ccc([C@H](O)c4nccs4)nc3N21. The van der Waals surface area contributed by atoms with Crippen LogP contribution in [-0.2, 0) is 6.42 Å². The Morgan fingerprint density at radius 1 is 1.43 bits per heavy atom. The van der Waals surface area contributed by atoms with E-state index in [-0.39, 0.29) is 0 Å². The predicted molar refractivity (Wildman–Crippen MR) is 82.7 cm³/mol. The van der Waals surface area contributed by atoms with Gasteiger partial charge in [-0.2, -0.15) is 0 Å². The van der Waals surface area contributed by atoms with Gasteiger partial charge in [0.25, 0.3) is 0 Å². The normalized spacial score (nSPS) is 25.5. The van der Waals surface area contributed by atoms with E-state index in [0.717, 1.165) is 25.3 Å². The zero-order valence-corrected chi connectivity index (χ0v) is 12.7. The van der Waals surface area contributed by atoms with Gasteiger partial charge in [-0.3, -0.25) is 0 Å². The molecule has 0 aliphatic carbocycles. The van der Waals surface area contributed by atoms with Crippen LogP contribution in [-0.4, -0.2) is 40.2 Å². The van der Waals surface area contributed by atoms with E-state index in [1.165, 1.54) is 16.9 Å². The molecule has 6 heteroatoms. The maximum atomic E-state index is 10.4. The van der Waals surface area contributed by atoms with E-state index in [1.807, 2.05) is 11.4 Å². The van der Waals surface area contributed by atoms with Crippen LogP contribution in [0, 0.1) is 0 Å². The molecule has 0 aromatic carbocycles. The molecule has 110 valence electrons. The van der Waals surface area contributed by atoms with Gasteiger partial charge in [0.15, 0.2) is 0 Å². The number of aromatic nitrogens is 2. The van der Waals surface area contributed by atoms with E-state index in [4.69, 9.17) is 4.98 Å². The first-order valence-electron chi connectivity index (χ1n) is 7.30. The number of fused-ring (bicyclic) bond motifs is 3. The molecule has 1 fully saturated rings. The quantitative estimate of drug-likeness (QED) is 0.877. The second-order valence-electron chi connectivity index (χ2n) is 5.76. The number of thiazole rings is 1. The van der Waals surface area contributed by atoms with Crippen LogP contribution in [0.15, 0.2) is 23.7 Å². The Kier molecular flexibility index (Phi) is 3.17. The zero-order valence-electron chi connectivity index (χ0n) is 11.9. The van der Waals surface area contributed by atoms with E-state index in [9.17, 15) is 5.11 Å². The molecule has 2 aromatic heterocycles. The van der Waals surface area contributed by atoms with Crippen LogP contribution in [0.1, 0.15) is 29.3 Å². The molecule has 2 N–H and O–H groups in total. The van der Waals surface area contributed by atoms with Crippen LogP contribution < -0.4 is 10.2 Å². The molecular formula is C15H18N4OS. The molecular weight excluding hydrogens is 284 g/mol. The largest absolute Gasteiger partial charge is 0.380 e. The third kappa shape index (κ3) is 2.14. The first kappa shape index (κ1) is 13.2. The highest BCUT2D eigenvalue weighted by Gasteiger charge is 2.36. The first-order valence-corrected chi connectivity index (χ1v) is 8.18. The van der Waals surface area contributed by atoms with Crippen LogP contribution in [0.5, 0.6) is 0 Å². The van der Waals surface area contributed by atoms with Gasteiger partial charge >= 0.3 is 0 Å². The summed E-state index contributed by atoms with van der Waals surface area (Å²) in [4.78, 5) is 11.4. The Bertz CT molecular complexity index is 645. The summed E-state index contributed by atoms with van der Waals surface area (Å²) in [7, 11) is 0. The lowest BCUT2D eigenvalue weighted by Gasteiger charge is -2.37. The summed E-state index contributed by atoms with van der Waals surface area (Å²) in [6, 6.07) is 4.97. The molecule has 4 rings (SSSR count). The van der Waals surface area contributed by atoms with E-state index in [0.29, 0.717) is 22.8 Å². The van der Waals surface area contributed by atoms with Crippen molar-refractivity contribution >= 4 is 17.2 Å². The number of hydrogen-bond donors (Lipinski definition) is 2. The van der Waals surface area contributed by atoms with Crippen LogP contribution >= 0.6 is 11.3 Å². The Labute approximate surface area is 127 Å². The van der Waals surface area contributed by atoms with Crippen molar-refractivity contribution in [2.45, 2.75) is 31.5 Å². The minimum absolute atomic E-state index is 0.435. The molecule has 2 aromatic rings. The minimum Gasteiger partial charge on any atom is -0.380 e. The van der Waals surface area contributed by atoms with Crippen LogP contribution in [0.25, 0.3) is 0 Å². The molecule has 3 atom stereocenters. The van der Waals surface area contributed by atoms with Crippen molar-refractivity contribution in [1.82, 2.24) is 15.3 Å². The summed E-state index contributed by atoms with van der Waals surface area (Å²) in [6.07, 6.45) is 2.02. The Morgan fingerprint density at radius 3 is 3.14 bits per heavy atom. The lowest BCUT2D eigenvalue weighted by molar-refractivity contribution is 0.215. The summed E-state index contributed by atoms with van der Waals surface area (Å²) >= 11 is 1.46. The Morgan fingerprint density at radius 2 is 2.33 bits per heavy atom. The molecule has 4 heterocycles. The van der Waals surface area contributed by atoms with Gasteiger partial charge in [0.1, 0.15) is 16.9 Å². The number of piperazine rings is 1. The number of hydrogen-bond acceptors (Lipinski definition) is 6. The molecule has 21 heavy (non-hydrogen) atoms. The maximum Gasteiger partial charge on any atom is 0.147 e. The Balaban J connectivity index is 1.70. The third-order valence-corrected chi connectivity index (χ3v) is 5.16. The van der Waals surface area contributed by atoms with Gasteiger partial charge in [0.2, 0.25) is 0 Å². The molecule has 1 saturated heterocycles.